The van der Waals surface area contributed by atoms with Crippen LogP contribution in [-0.4, -0.2) is 41.0 Å². The second-order valence-corrected chi connectivity index (χ2v) is 12.6. The number of para-hydroxylation sites is 1. The molecule has 0 heterocycles. The highest BCUT2D eigenvalue weighted by atomic mass is 35.5. The molecule has 3 atom stereocenters. The zero-order valence-corrected chi connectivity index (χ0v) is 27.4. The molecule has 0 aliphatic rings. The molecule has 42 heavy (non-hydrogen) atoms. The van der Waals surface area contributed by atoms with Crippen LogP contribution < -0.4 is 10.6 Å². The van der Waals surface area contributed by atoms with Gasteiger partial charge >= 0.3 is 6.09 Å². The molecule has 0 bridgehead atoms. The molecule has 0 aliphatic carbocycles. The van der Waals surface area contributed by atoms with Gasteiger partial charge < -0.3 is 20.3 Å². The Morgan fingerprint density at radius 1 is 0.952 bits per heavy atom. The third-order valence-corrected chi connectivity index (χ3v) is 7.68. The Balaban J connectivity index is 2.58. The Morgan fingerprint density at radius 3 is 2.17 bits per heavy atom. The Kier molecular flexibility index (Phi) is 13.8. The Labute approximate surface area is 257 Å². The SMILES string of the molecule is CCCCCCCN(C(=O)C(NC(=O)OC(C)(C)C)C(C)CC)C(C(=O)Nc1c(C)cccc1Cl)c1ccc(C)cc1. The summed E-state index contributed by atoms with van der Waals surface area (Å²) in [5.74, 6) is -0.875. The summed E-state index contributed by atoms with van der Waals surface area (Å²) >= 11 is 6.48. The number of carbonyl (C=O) groups excluding carboxylic acids is 3. The van der Waals surface area contributed by atoms with Gasteiger partial charge in [0.25, 0.3) is 5.91 Å². The van der Waals surface area contributed by atoms with E-state index in [4.69, 9.17) is 16.3 Å². The maximum atomic E-state index is 14.5. The number of carbonyl (C=O) groups is 3. The summed E-state index contributed by atoms with van der Waals surface area (Å²) in [7, 11) is 0. The normalized spacial score (nSPS) is 13.5. The van der Waals surface area contributed by atoms with Crippen molar-refractivity contribution >= 4 is 35.2 Å². The topological polar surface area (TPSA) is 87.7 Å². The Hall–Kier alpha value is -3.06. The van der Waals surface area contributed by atoms with Crippen molar-refractivity contribution in [2.75, 3.05) is 11.9 Å². The van der Waals surface area contributed by atoms with Crippen LogP contribution in [0.5, 0.6) is 0 Å². The number of aryl methyl sites for hydroxylation is 2. The number of unbranched alkanes of at least 4 members (excludes halogenated alkanes) is 4. The number of amides is 3. The van der Waals surface area contributed by atoms with Crippen LogP contribution in [0.1, 0.15) is 103 Å². The standard InChI is InChI=1S/C34H50ClN3O4/c1-9-11-12-13-14-22-38(32(40)29(24(4)10-2)37-33(41)42-34(6,7)8)30(26-20-18-23(3)19-21-26)31(39)36-28-25(5)16-15-17-27(28)35/h15-21,24,29-30H,9-14,22H2,1-8H3,(H,36,39)(H,37,41). The molecule has 2 rings (SSSR count). The van der Waals surface area contributed by atoms with Crippen molar-refractivity contribution in [1.82, 2.24) is 10.2 Å². The minimum atomic E-state index is -0.938. The minimum absolute atomic E-state index is 0.194. The molecule has 2 aromatic carbocycles. The van der Waals surface area contributed by atoms with Gasteiger partial charge in [-0.25, -0.2) is 4.79 Å². The number of alkyl carbamates (subject to hydrolysis) is 1. The van der Waals surface area contributed by atoms with Crippen molar-refractivity contribution in [3.63, 3.8) is 0 Å². The van der Waals surface area contributed by atoms with E-state index >= 15 is 0 Å². The van der Waals surface area contributed by atoms with Crippen LogP contribution in [0.3, 0.4) is 0 Å². The highest BCUT2D eigenvalue weighted by Crippen LogP contribution is 2.30. The van der Waals surface area contributed by atoms with Crippen LogP contribution in [0.25, 0.3) is 0 Å². The number of hydrogen-bond acceptors (Lipinski definition) is 4. The summed E-state index contributed by atoms with van der Waals surface area (Å²) in [5.41, 5.74) is 2.34. The van der Waals surface area contributed by atoms with Crippen LogP contribution in [0, 0.1) is 19.8 Å². The van der Waals surface area contributed by atoms with E-state index in [9.17, 15) is 14.4 Å². The smallest absolute Gasteiger partial charge is 0.408 e. The molecule has 0 aromatic heterocycles. The number of rotatable bonds is 14. The number of nitrogens with one attached hydrogen (secondary N) is 2. The van der Waals surface area contributed by atoms with Gasteiger partial charge in [0.15, 0.2) is 0 Å². The summed E-state index contributed by atoms with van der Waals surface area (Å²) in [6.45, 7) is 15.6. The minimum Gasteiger partial charge on any atom is -0.444 e. The third-order valence-electron chi connectivity index (χ3n) is 7.36. The number of ether oxygens (including phenoxy) is 1. The van der Waals surface area contributed by atoms with Gasteiger partial charge in [-0.2, -0.15) is 0 Å². The lowest BCUT2D eigenvalue weighted by Gasteiger charge is -2.36. The first-order valence-corrected chi connectivity index (χ1v) is 15.6. The van der Waals surface area contributed by atoms with E-state index in [0.29, 0.717) is 29.2 Å². The van der Waals surface area contributed by atoms with E-state index in [1.807, 2.05) is 64.1 Å². The number of hydrogen-bond donors (Lipinski definition) is 2. The second kappa shape index (κ2) is 16.5. The molecule has 2 aromatic rings. The number of nitrogens with zero attached hydrogens (tertiary/aromatic N) is 1. The van der Waals surface area contributed by atoms with Crippen molar-refractivity contribution in [2.45, 2.75) is 112 Å². The molecule has 0 saturated carbocycles. The highest BCUT2D eigenvalue weighted by molar-refractivity contribution is 6.34. The van der Waals surface area contributed by atoms with Crippen molar-refractivity contribution < 1.29 is 19.1 Å². The molecule has 3 unspecified atom stereocenters. The largest absolute Gasteiger partial charge is 0.444 e. The molecule has 0 spiro atoms. The fourth-order valence-electron chi connectivity index (χ4n) is 4.75. The van der Waals surface area contributed by atoms with Gasteiger partial charge in [-0.05, 0) is 64.2 Å². The molecule has 2 N–H and O–H groups in total. The van der Waals surface area contributed by atoms with E-state index in [0.717, 1.165) is 43.2 Å². The highest BCUT2D eigenvalue weighted by Gasteiger charge is 2.38. The first-order valence-electron chi connectivity index (χ1n) is 15.2. The molecule has 0 saturated heterocycles. The van der Waals surface area contributed by atoms with Crippen molar-refractivity contribution in [3.05, 3.63) is 64.2 Å². The number of halogens is 1. The van der Waals surface area contributed by atoms with Gasteiger partial charge in [0, 0.05) is 6.54 Å². The summed E-state index contributed by atoms with van der Waals surface area (Å²) < 4.78 is 5.51. The van der Waals surface area contributed by atoms with E-state index in [2.05, 4.69) is 17.6 Å². The molecular weight excluding hydrogens is 550 g/mol. The predicted octanol–water partition coefficient (Wildman–Crippen LogP) is 8.38. The van der Waals surface area contributed by atoms with E-state index < -0.39 is 23.8 Å². The molecule has 232 valence electrons. The lowest BCUT2D eigenvalue weighted by Crippen LogP contribution is -2.55. The van der Waals surface area contributed by atoms with Crippen molar-refractivity contribution in [2.24, 2.45) is 5.92 Å². The van der Waals surface area contributed by atoms with Gasteiger partial charge in [-0.1, -0.05) is 106 Å². The van der Waals surface area contributed by atoms with E-state index in [1.165, 1.54) is 0 Å². The van der Waals surface area contributed by atoms with Gasteiger partial charge in [0.2, 0.25) is 5.91 Å². The molecule has 3 amide bonds. The van der Waals surface area contributed by atoms with Gasteiger partial charge in [-0.3, -0.25) is 9.59 Å². The number of anilines is 1. The lowest BCUT2D eigenvalue weighted by molar-refractivity contribution is -0.142. The quantitative estimate of drug-likeness (QED) is 0.213. The molecule has 7 nitrogen and oxygen atoms in total. The Bertz CT molecular complexity index is 1160. The molecule has 0 radical (unpaired) electrons. The zero-order chi connectivity index (χ0) is 31.4. The van der Waals surface area contributed by atoms with Crippen molar-refractivity contribution in [1.29, 1.82) is 0 Å². The van der Waals surface area contributed by atoms with Crippen LogP contribution in [-0.2, 0) is 14.3 Å². The summed E-state index contributed by atoms with van der Waals surface area (Å²) in [4.78, 5) is 43.2. The maximum absolute atomic E-state index is 14.5. The Morgan fingerprint density at radius 2 is 1.60 bits per heavy atom. The zero-order valence-electron chi connectivity index (χ0n) is 26.7. The second-order valence-electron chi connectivity index (χ2n) is 12.2. The summed E-state index contributed by atoms with van der Waals surface area (Å²) in [6.07, 6.45) is 4.90. The first-order chi connectivity index (χ1) is 19.8. The van der Waals surface area contributed by atoms with Gasteiger partial charge in [0.05, 0.1) is 10.7 Å². The average Bonchev–Trinajstić information content (AvgIpc) is 2.92. The van der Waals surface area contributed by atoms with Crippen LogP contribution in [0.2, 0.25) is 5.02 Å². The monoisotopic (exact) mass is 599 g/mol. The van der Waals surface area contributed by atoms with Gasteiger partial charge in [0.1, 0.15) is 17.7 Å². The summed E-state index contributed by atoms with van der Waals surface area (Å²) in [6, 6.07) is 11.3. The average molecular weight is 600 g/mol. The van der Waals surface area contributed by atoms with E-state index in [1.54, 1.807) is 31.7 Å². The molecule has 0 aliphatic heterocycles. The molecule has 8 heteroatoms. The van der Waals surface area contributed by atoms with Gasteiger partial charge in [-0.15, -0.1) is 0 Å². The lowest BCUT2D eigenvalue weighted by atomic mass is 9.95. The first kappa shape index (κ1) is 35.1. The third kappa shape index (κ3) is 10.6. The predicted molar refractivity (Wildman–Crippen MR) is 172 cm³/mol. The fourth-order valence-corrected chi connectivity index (χ4v) is 5.02. The van der Waals surface area contributed by atoms with Crippen LogP contribution in [0.15, 0.2) is 42.5 Å². The maximum Gasteiger partial charge on any atom is 0.408 e. The molecular formula is C34H50ClN3O4. The van der Waals surface area contributed by atoms with E-state index in [-0.39, 0.29) is 17.7 Å². The molecule has 0 fully saturated rings. The van der Waals surface area contributed by atoms with Crippen LogP contribution in [0.4, 0.5) is 10.5 Å². The number of benzene rings is 2. The fraction of sp³-hybridized carbons (Fsp3) is 0.559. The van der Waals surface area contributed by atoms with Crippen molar-refractivity contribution in [3.8, 4) is 0 Å². The summed E-state index contributed by atoms with van der Waals surface area (Å²) in [5, 5.41) is 6.27. The van der Waals surface area contributed by atoms with Crippen LogP contribution >= 0.6 is 11.6 Å².